The van der Waals surface area contributed by atoms with Crippen LogP contribution in [0.2, 0.25) is 0 Å². The zero-order valence-electron chi connectivity index (χ0n) is 14.0. The SMILES string of the molecule is CCN(CC)CCCC(C)Nc1nccn1C1CCCC1. The minimum Gasteiger partial charge on any atom is -0.353 e. The van der Waals surface area contributed by atoms with E-state index >= 15 is 0 Å². The van der Waals surface area contributed by atoms with Crippen molar-refractivity contribution in [2.75, 3.05) is 25.0 Å². The molecule has 1 atom stereocenters. The summed E-state index contributed by atoms with van der Waals surface area (Å²) in [6, 6.07) is 1.15. The molecule has 1 aliphatic carbocycles. The van der Waals surface area contributed by atoms with Gasteiger partial charge < -0.3 is 14.8 Å². The van der Waals surface area contributed by atoms with Crippen LogP contribution in [0.1, 0.15) is 65.3 Å². The predicted molar refractivity (Wildman–Crippen MR) is 89.8 cm³/mol. The largest absolute Gasteiger partial charge is 0.353 e. The van der Waals surface area contributed by atoms with E-state index in [1.807, 2.05) is 6.20 Å². The Morgan fingerprint density at radius 2 is 2.05 bits per heavy atom. The lowest BCUT2D eigenvalue weighted by Gasteiger charge is -2.21. The third-order valence-corrected chi connectivity index (χ3v) is 4.77. The van der Waals surface area contributed by atoms with E-state index in [9.17, 15) is 0 Å². The molecule has 1 N–H and O–H groups in total. The fourth-order valence-electron chi connectivity index (χ4n) is 3.36. The monoisotopic (exact) mass is 292 g/mol. The van der Waals surface area contributed by atoms with E-state index in [-0.39, 0.29) is 0 Å². The Morgan fingerprint density at radius 1 is 1.33 bits per heavy atom. The Labute approximate surface area is 129 Å². The predicted octanol–water partition coefficient (Wildman–Crippen LogP) is 3.92. The van der Waals surface area contributed by atoms with Crippen molar-refractivity contribution in [2.24, 2.45) is 0 Å². The van der Waals surface area contributed by atoms with Gasteiger partial charge in [0.15, 0.2) is 0 Å². The Morgan fingerprint density at radius 3 is 2.71 bits per heavy atom. The van der Waals surface area contributed by atoms with Gasteiger partial charge in [-0.3, -0.25) is 0 Å². The first kappa shape index (κ1) is 16.3. The van der Waals surface area contributed by atoms with Gasteiger partial charge in [-0.25, -0.2) is 4.98 Å². The van der Waals surface area contributed by atoms with E-state index in [2.05, 4.69) is 46.7 Å². The normalized spacial score (nSPS) is 17.5. The fourth-order valence-corrected chi connectivity index (χ4v) is 3.36. The summed E-state index contributed by atoms with van der Waals surface area (Å²) in [7, 11) is 0. The summed E-state index contributed by atoms with van der Waals surface area (Å²) in [5, 5.41) is 3.61. The molecule has 4 heteroatoms. The van der Waals surface area contributed by atoms with Crippen LogP contribution < -0.4 is 5.32 Å². The molecule has 21 heavy (non-hydrogen) atoms. The second kappa shape index (κ2) is 8.42. The molecule has 1 aliphatic rings. The molecular weight excluding hydrogens is 260 g/mol. The highest BCUT2D eigenvalue weighted by atomic mass is 15.2. The molecule has 1 heterocycles. The van der Waals surface area contributed by atoms with E-state index in [1.165, 1.54) is 45.1 Å². The molecule has 0 spiro atoms. The summed E-state index contributed by atoms with van der Waals surface area (Å²) in [6.45, 7) is 10.3. The molecule has 1 unspecified atom stereocenters. The molecule has 4 nitrogen and oxygen atoms in total. The van der Waals surface area contributed by atoms with Gasteiger partial charge in [-0.1, -0.05) is 26.7 Å². The first-order valence-electron chi connectivity index (χ1n) is 8.76. The van der Waals surface area contributed by atoms with Crippen LogP contribution in [0.25, 0.3) is 0 Å². The van der Waals surface area contributed by atoms with Gasteiger partial charge in [0.05, 0.1) is 0 Å². The Balaban J connectivity index is 1.77. The van der Waals surface area contributed by atoms with Gasteiger partial charge >= 0.3 is 0 Å². The maximum atomic E-state index is 4.52. The van der Waals surface area contributed by atoms with Crippen LogP contribution in [0.15, 0.2) is 12.4 Å². The third kappa shape index (κ3) is 4.73. The molecule has 0 amide bonds. The third-order valence-electron chi connectivity index (χ3n) is 4.77. The maximum absolute atomic E-state index is 4.52. The molecule has 0 saturated heterocycles. The molecule has 0 aromatic carbocycles. The van der Waals surface area contributed by atoms with E-state index < -0.39 is 0 Å². The number of nitrogens with zero attached hydrogens (tertiary/aromatic N) is 3. The van der Waals surface area contributed by atoms with Crippen molar-refractivity contribution >= 4 is 5.95 Å². The van der Waals surface area contributed by atoms with Crippen molar-refractivity contribution in [1.29, 1.82) is 0 Å². The zero-order valence-corrected chi connectivity index (χ0v) is 14.0. The average Bonchev–Trinajstić information content (AvgIpc) is 3.14. The topological polar surface area (TPSA) is 33.1 Å². The lowest BCUT2D eigenvalue weighted by molar-refractivity contribution is 0.295. The Kier molecular flexibility index (Phi) is 6.55. The van der Waals surface area contributed by atoms with E-state index in [0.717, 1.165) is 19.0 Å². The number of nitrogens with one attached hydrogen (secondary N) is 1. The van der Waals surface area contributed by atoms with Crippen molar-refractivity contribution < 1.29 is 0 Å². The number of aromatic nitrogens is 2. The van der Waals surface area contributed by atoms with Gasteiger partial charge in [0.1, 0.15) is 0 Å². The van der Waals surface area contributed by atoms with Crippen molar-refractivity contribution in [3.63, 3.8) is 0 Å². The molecule has 1 aromatic rings. The highest BCUT2D eigenvalue weighted by Crippen LogP contribution is 2.31. The second-order valence-electron chi connectivity index (χ2n) is 6.31. The van der Waals surface area contributed by atoms with E-state index in [0.29, 0.717) is 12.1 Å². The van der Waals surface area contributed by atoms with Gasteiger partial charge in [-0.2, -0.15) is 0 Å². The van der Waals surface area contributed by atoms with Gasteiger partial charge in [0, 0.05) is 24.5 Å². The second-order valence-corrected chi connectivity index (χ2v) is 6.31. The van der Waals surface area contributed by atoms with Crippen LogP contribution in [-0.4, -0.2) is 40.1 Å². The summed E-state index contributed by atoms with van der Waals surface area (Å²) in [5.74, 6) is 1.07. The van der Waals surface area contributed by atoms with Gasteiger partial charge in [0.2, 0.25) is 5.95 Å². The lowest BCUT2D eigenvalue weighted by atomic mass is 10.2. The maximum Gasteiger partial charge on any atom is 0.203 e. The summed E-state index contributed by atoms with van der Waals surface area (Å²) in [6.07, 6.45) is 11.9. The Bertz CT molecular complexity index is 391. The minimum atomic E-state index is 0.489. The number of hydrogen-bond donors (Lipinski definition) is 1. The quantitative estimate of drug-likeness (QED) is 0.749. The molecule has 1 fully saturated rings. The van der Waals surface area contributed by atoms with Gasteiger partial charge in [-0.05, 0) is 52.2 Å². The molecule has 120 valence electrons. The van der Waals surface area contributed by atoms with E-state index in [1.54, 1.807) is 0 Å². The fraction of sp³-hybridized carbons (Fsp3) is 0.824. The molecule has 0 bridgehead atoms. The van der Waals surface area contributed by atoms with Gasteiger partial charge in [-0.15, -0.1) is 0 Å². The number of hydrogen-bond acceptors (Lipinski definition) is 3. The van der Waals surface area contributed by atoms with Crippen molar-refractivity contribution in [1.82, 2.24) is 14.5 Å². The average molecular weight is 292 g/mol. The molecule has 0 radical (unpaired) electrons. The Hall–Kier alpha value is -1.03. The van der Waals surface area contributed by atoms with Crippen LogP contribution in [0.5, 0.6) is 0 Å². The zero-order chi connectivity index (χ0) is 15.1. The van der Waals surface area contributed by atoms with Crippen LogP contribution >= 0.6 is 0 Å². The van der Waals surface area contributed by atoms with Crippen molar-refractivity contribution in [3.05, 3.63) is 12.4 Å². The number of rotatable bonds is 9. The lowest BCUT2D eigenvalue weighted by Crippen LogP contribution is -2.26. The molecular formula is C17H32N4. The first-order chi connectivity index (χ1) is 10.2. The highest BCUT2D eigenvalue weighted by molar-refractivity contribution is 5.28. The minimum absolute atomic E-state index is 0.489. The number of anilines is 1. The van der Waals surface area contributed by atoms with Crippen LogP contribution in [0.4, 0.5) is 5.95 Å². The van der Waals surface area contributed by atoms with Crippen molar-refractivity contribution in [2.45, 2.75) is 71.4 Å². The van der Waals surface area contributed by atoms with Crippen LogP contribution in [0.3, 0.4) is 0 Å². The summed E-state index contributed by atoms with van der Waals surface area (Å²) in [4.78, 5) is 7.01. The molecule has 2 rings (SSSR count). The van der Waals surface area contributed by atoms with Crippen molar-refractivity contribution in [3.8, 4) is 0 Å². The summed E-state index contributed by atoms with van der Waals surface area (Å²) >= 11 is 0. The van der Waals surface area contributed by atoms with E-state index in [4.69, 9.17) is 0 Å². The van der Waals surface area contributed by atoms with Crippen LogP contribution in [-0.2, 0) is 0 Å². The summed E-state index contributed by atoms with van der Waals surface area (Å²) < 4.78 is 2.36. The standard InChI is InChI=1S/C17H32N4/c1-4-20(5-2)13-8-9-15(3)19-17-18-12-14-21(17)16-10-6-7-11-16/h12,14-16H,4-11,13H2,1-3H3,(H,18,19). The van der Waals surface area contributed by atoms with Gasteiger partial charge in [0.25, 0.3) is 0 Å². The summed E-state index contributed by atoms with van der Waals surface area (Å²) in [5.41, 5.74) is 0. The highest BCUT2D eigenvalue weighted by Gasteiger charge is 2.19. The molecule has 0 aliphatic heterocycles. The molecule has 1 saturated carbocycles. The first-order valence-corrected chi connectivity index (χ1v) is 8.76. The van der Waals surface area contributed by atoms with Crippen LogP contribution in [0, 0.1) is 0 Å². The number of imidazole rings is 1. The molecule has 1 aromatic heterocycles. The smallest absolute Gasteiger partial charge is 0.203 e.